The molecule has 0 spiro atoms. The number of nitrogens with one attached hydrogen (secondary N) is 3. The second-order valence-corrected chi connectivity index (χ2v) is 7.73. The van der Waals surface area contributed by atoms with Crippen molar-refractivity contribution in [3.05, 3.63) is 29.8 Å². The normalized spacial score (nSPS) is 22.5. The molecular weight excluding hydrogens is 419 g/mol. The van der Waals surface area contributed by atoms with E-state index >= 15 is 0 Å². The van der Waals surface area contributed by atoms with E-state index in [1.165, 1.54) is 23.9 Å². The Morgan fingerprint density at radius 1 is 1.21 bits per heavy atom. The Morgan fingerprint density at radius 3 is 2.64 bits per heavy atom. The van der Waals surface area contributed by atoms with Crippen LogP contribution in [0, 0.1) is 0 Å². The number of amides is 3. The molecule has 28 heavy (non-hydrogen) atoms. The zero-order valence-corrected chi connectivity index (χ0v) is 15.5. The molecule has 148 valence electrons. The Kier molecular flexibility index (Phi) is 5.93. The van der Waals surface area contributed by atoms with Crippen molar-refractivity contribution in [1.82, 2.24) is 10.6 Å². The monoisotopic (exact) mass is 431 g/mol. The van der Waals surface area contributed by atoms with Gasteiger partial charge >= 0.3 is 6.18 Å². The summed E-state index contributed by atoms with van der Waals surface area (Å²) >= 11 is 2.13. The highest BCUT2D eigenvalue weighted by molar-refractivity contribution is 8.15. The van der Waals surface area contributed by atoms with Crippen LogP contribution < -0.4 is 16.0 Å². The number of nitrogens with zero attached hydrogens (tertiary/aromatic N) is 2. The second-order valence-electron chi connectivity index (χ2n) is 5.57. The number of halogens is 3. The summed E-state index contributed by atoms with van der Waals surface area (Å²) in [5.74, 6) is -1.04. The third-order valence-corrected chi connectivity index (χ3v) is 5.37. The molecule has 1 aromatic rings. The summed E-state index contributed by atoms with van der Waals surface area (Å²) in [7, 11) is 0. The van der Waals surface area contributed by atoms with Gasteiger partial charge in [-0.15, -0.1) is 10.2 Å². The van der Waals surface area contributed by atoms with Crippen LogP contribution in [-0.2, 0) is 20.6 Å². The van der Waals surface area contributed by atoms with Gasteiger partial charge in [-0.05, 0) is 18.2 Å². The van der Waals surface area contributed by atoms with E-state index in [1.54, 1.807) is 0 Å². The van der Waals surface area contributed by atoms with E-state index in [1.807, 2.05) is 0 Å². The van der Waals surface area contributed by atoms with Gasteiger partial charge in [0.2, 0.25) is 17.7 Å². The molecule has 0 aliphatic carbocycles. The molecule has 2 fully saturated rings. The van der Waals surface area contributed by atoms with Crippen LogP contribution in [0.2, 0.25) is 0 Å². The molecule has 2 saturated heterocycles. The largest absolute Gasteiger partial charge is 0.416 e. The molecule has 3 N–H and O–H groups in total. The van der Waals surface area contributed by atoms with Crippen LogP contribution in [0.5, 0.6) is 0 Å². The molecule has 3 rings (SSSR count). The van der Waals surface area contributed by atoms with Crippen LogP contribution in [0.3, 0.4) is 0 Å². The number of anilines is 1. The highest BCUT2D eigenvalue weighted by Crippen LogP contribution is 2.31. The van der Waals surface area contributed by atoms with Gasteiger partial charge < -0.3 is 16.0 Å². The quantitative estimate of drug-likeness (QED) is 0.629. The lowest BCUT2D eigenvalue weighted by molar-refractivity contribution is -0.137. The number of carbonyl (C=O) groups is 3. The third-order valence-electron chi connectivity index (χ3n) is 3.44. The molecule has 1 aromatic carbocycles. The van der Waals surface area contributed by atoms with E-state index < -0.39 is 28.8 Å². The standard InChI is InChI=1S/C15H12F3N5O3S2/c16-15(17,18)7-2-1-3-8(4-7)19-10(24)5-9-12(26)21-14(28-9)23-22-13-20-11(25)6-27-13/h1-4,9H,5-6H2,(H,19,24)(H,20,22,25)(H,21,23,26). The molecule has 0 bridgehead atoms. The highest BCUT2D eigenvalue weighted by Gasteiger charge is 2.33. The van der Waals surface area contributed by atoms with Crippen molar-refractivity contribution in [3.8, 4) is 0 Å². The number of amidine groups is 2. The van der Waals surface area contributed by atoms with Crippen molar-refractivity contribution in [2.75, 3.05) is 11.1 Å². The van der Waals surface area contributed by atoms with Crippen LogP contribution in [-0.4, -0.2) is 39.1 Å². The zero-order valence-electron chi connectivity index (χ0n) is 13.9. The van der Waals surface area contributed by atoms with E-state index in [-0.39, 0.29) is 28.9 Å². The van der Waals surface area contributed by atoms with Crippen molar-refractivity contribution in [2.45, 2.75) is 17.8 Å². The Balaban J connectivity index is 1.57. The smallest absolute Gasteiger partial charge is 0.326 e. The van der Waals surface area contributed by atoms with Crippen molar-refractivity contribution in [1.29, 1.82) is 0 Å². The van der Waals surface area contributed by atoms with Gasteiger partial charge in [0.15, 0.2) is 10.3 Å². The molecule has 3 amide bonds. The number of thioether (sulfide) groups is 2. The van der Waals surface area contributed by atoms with Gasteiger partial charge in [0.25, 0.3) is 0 Å². The summed E-state index contributed by atoms with van der Waals surface area (Å²) < 4.78 is 38.1. The summed E-state index contributed by atoms with van der Waals surface area (Å²) in [5, 5.41) is 14.6. The van der Waals surface area contributed by atoms with Crippen LogP contribution in [0.1, 0.15) is 12.0 Å². The lowest BCUT2D eigenvalue weighted by Gasteiger charge is -2.10. The maximum absolute atomic E-state index is 12.7. The molecule has 2 aliphatic heterocycles. The number of carbonyl (C=O) groups excluding carboxylic acids is 3. The number of alkyl halides is 3. The average Bonchev–Trinajstić information content (AvgIpc) is 3.18. The van der Waals surface area contributed by atoms with Crippen LogP contribution in [0.4, 0.5) is 18.9 Å². The summed E-state index contributed by atoms with van der Waals surface area (Å²) in [6.45, 7) is 0. The molecule has 2 heterocycles. The Morgan fingerprint density at radius 2 is 1.96 bits per heavy atom. The Hall–Kier alpha value is -2.54. The minimum absolute atomic E-state index is 0.0162. The van der Waals surface area contributed by atoms with Gasteiger partial charge in [-0.2, -0.15) is 13.2 Å². The number of rotatable bonds is 4. The van der Waals surface area contributed by atoms with Crippen LogP contribution in [0.15, 0.2) is 34.5 Å². The molecule has 1 unspecified atom stereocenters. The number of benzene rings is 1. The molecule has 13 heteroatoms. The van der Waals surface area contributed by atoms with Gasteiger partial charge in [-0.3, -0.25) is 14.4 Å². The third kappa shape index (κ3) is 5.25. The number of hydrogen-bond donors (Lipinski definition) is 3. The predicted octanol–water partition coefficient (Wildman–Crippen LogP) is 1.76. The molecule has 2 aliphatic rings. The highest BCUT2D eigenvalue weighted by atomic mass is 32.2. The molecule has 0 radical (unpaired) electrons. The lowest BCUT2D eigenvalue weighted by Crippen LogP contribution is -2.28. The first kappa shape index (κ1) is 20.2. The molecule has 8 nitrogen and oxygen atoms in total. The fourth-order valence-electron chi connectivity index (χ4n) is 2.21. The van der Waals surface area contributed by atoms with Crippen molar-refractivity contribution < 1.29 is 27.6 Å². The van der Waals surface area contributed by atoms with Gasteiger partial charge in [0, 0.05) is 12.1 Å². The lowest BCUT2D eigenvalue weighted by atomic mass is 10.2. The minimum atomic E-state index is -4.52. The van der Waals surface area contributed by atoms with Gasteiger partial charge in [0.1, 0.15) is 5.25 Å². The van der Waals surface area contributed by atoms with Crippen molar-refractivity contribution >= 4 is 57.3 Å². The zero-order chi connectivity index (χ0) is 20.3. The molecule has 0 aromatic heterocycles. The first-order valence-corrected chi connectivity index (χ1v) is 9.60. The van der Waals surface area contributed by atoms with Crippen molar-refractivity contribution in [2.24, 2.45) is 10.2 Å². The fraction of sp³-hybridized carbons (Fsp3) is 0.267. The summed E-state index contributed by atoms with van der Waals surface area (Å²) in [4.78, 5) is 35.1. The Bertz CT molecular complexity index is 888. The molecule has 0 saturated carbocycles. The van der Waals surface area contributed by atoms with E-state index in [4.69, 9.17) is 0 Å². The van der Waals surface area contributed by atoms with Gasteiger partial charge in [-0.25, -0.2) is 0 Å². The van der Waals surface area contributed by atoms with E-state index in [0.29, 0.717) is 5.17 Å². The first-order chi connectivity index (χ1) is 13.2. The number of hydrogen-bond acceptors (Lipinski definition) is 7. The fourth-order valence-corrected chi connectivity index (χ4v) is 3.75. The topological polar surface area (TPSA) is 112 Å². The average molecular weight is 431 g/mol. The summed E-state index contributed by atoms with van der Waals surface area (Å²) in [6, 6.07) is 4.21. The second kappa shape index (κ2) is 8.22. The molecule has 1 atom stereocenters. The molecular formula is C15H12F3N5O3S2. The van der Waals surface area contributed by atoms with E-state index in [0.717, 1.165) is 23.9 Å². The minimum Gasteiger partial charge on any atom is -0.326 e. The van der Waals surface area contributed by atoms with Gasteiger partial charge in [-0.1, -0.05) is 29.6 Å². The van der Waals surface area contributed by atoms with E-state index in [2.05, 4.69) is 26.2 Å². The van der Waals surface area contributed by atoms with Gasteiger partial charge in [0.05, 0.1) is 11.3 Å². The predicted molar refractivity (Wildman–Crippen MR) is 99.7 cm³/mol. The summed E-state index contributed by atoms with van der Waals surface area (Å²) in [5.41, 5.74) is -0.902. The maximum Gasteiger partial charge on any atom is 0.416 e. The van der Waals surface area contributed by atoms with Crippen LogP contribution >= 0.6 is 23.5 Å². The maximum atomic E-state index is 12.7. The van der Waals surface area contributed by atoms with E-state index in [9.17, 15) is 27.6 Å². The SMILES string of the molecule is O=C1CS/C(=N/N=C2\NC(=O)C(CC(=O)Nc3cccc(C(F)(F)F)c3)S2)N1. The Labute approximate surface area is 164 Å². The first-order valence-electron chi connectivity index (χ1n) is 7.73. The van der Waals surface area contributed by atoms with Crippen molar-refractivity contribution in [3.63, 3.8) is 0 Å². The van der Waals surface area contributed by atoms with Crippen LogP contribution in [0.25, 0.3) is 0 Å². The summed E-state index contributed by atoms with van der Waals surface area (Å²) in [6.07, 6.45) is -4.78.